The van der Waals surface area contributed by atoms with Crippen molar-refractivity contribution in [1.29, 1.82) is 0 Å². The minimum Gasteiger partial charge on any atom is -0.508 e. The first-order valence-corrected chi connectivity index (χ1v) is 13.2. The van der Waals surface area contributed by atoms with Crippen LogP contribution in [0.15, 0.2) is 58.7 Å². The van der Waals surface area contributed by atoms with Gasteiger partial charge in [-0.05, 0) is 54.7 Å². The summed E-state index contributed by atoms with van der Waals surface area (Å²) >= 11 is 1.24. The molecule has 1 aromatic heterocycles. The van der Waals surface area contributed by atoms with E-state index in [2.05, 4.69) is 10.3 Å². The number of amides is 1. The fourth-order valence-corrected chi connectivity index (χ4v) is 6.63. The second kappa shape index (κ2) is 9.00. The zero-order chi connectivity index (χ0) is 28.5. The predicted molar refractivity (Wildman–Crippen MR) is 142 cm³/mol. The van der Waals surface area contributed by atoms with Crippen molar-refractivity contribution in [3.8, 4) is 17.0 Å². The molecule has 3 aliphatic rings. The van der Waals surface area contributed by atoms with E-state index in [-0.39, 0.29) is 47.7 Å². The lowest BCUT2D eigenvalue weighted by atomic mass is 9.59. The maximum Gasteiger partial charge on any atom is 0.255 e. The van der Waals surface area contributed by atoms with Crippen LogP contribution in [0.1, 0.15) is 24.0 Å². The van der Waals surface area contributed by atoms with Crippen molar-refractivity contribution in [3.63, 3.8) is 0 Å². The minimum absolute atomic E-state index is 0.0209. The van der Waals surface area contributed by atoms with Crippen LogP contribution in [0.2, 0.25) is 0 Å². The number of hydrogen-bond acceptors (Lipinski definition) is 10. The molecule has 6 rings (SSSR count). The summed E-state index contributed by atoms with van der Waals surface area (Å²) in [5.74, 6) is -7.13. The van der Waals surface area contributed by atoms with Crippen LogP contribution < -0.4 is 11.1 Å². The number of thiazole rings is 1. The van der Waals surface area contributed by atoms with E-state index in [9.17, 15) is 39.2 Å². The summed E-state index contributed by atoms with van der Waals surface area (Å²) in [7, 11) is 0. The molecule has 0 saturated heterocycles. The van der Waals surface area contributed by atoms with Gasteiger partial charge in [-0.2, -0.15) is 0 Å². The fourth-order valence-electron chi connectivity index (χ4n) is 5.90. The molecule has 40 heavy (non-hydrogen) atoms. The van der Waals surface area contributed by atoms with Crippen LogP contribution >= 0.6 is 11.3 Å². The number of hydrogen-bond donors (Lipinski definition) is 6. The molecule has 3 aliphatic carbocycles. The number of fused-ring (bicyclic) bond motifs is 3. The summed E-state index contributed by atoms with van der Waals surface area (Å²) in [5, 5.41) is 49.5. The number of aliphatic hydroxyl groups is 3. The van der Waals surface area contributed by atoms with Gasteiger partial charge in [0.05, 0.1) is 16.9 Å². The summed E-state index contributed by atoms with van der Waals surface area (Å²) in [6.07, 6.45) is -0.0903. The summed E-state index contributed by atoms with van der Waals surface area (Å²) in [6, 6.07) is 9.10. The molecule has 12 heteroatoms. The molecule has 1 fully saturated rings. The molecule has 7 N–H and O–H groups in total. The topological polar surface area (TPSA) is 183 Å². The Morgan fingerprint density at radius 1 is 1.10 bits per heavy atom. The maximum absolute atomic E-state index is 13.6. The van der Waals surface area contributed by atoms with Crippen LogP contribution in [0.5, 0.6) is 5.75 Å². The normalized spacial score (nSPS) is 23.9. The molecule has 2 aromatic carbocycles. The lowest BCUT2D eigenvalue weighted by molar-refractivity contribution is -0.147. The Balaban J connectivity index is 1.37. The van der Waals surface area contributed by atoms with Gasteiger partial charge in [0.1, 0.15) is 28.7 Å². The van der Waals surface area contributed by atoms with Gasteiger partial charge in [-0.15, -0.1) is 11.3 Å². The number of Topliss-reactive ketones (excluding diaryl/α,β-unsaturated/α-hetero) is 2. The lowest BCUT2D eigenvalue weighted by Crippen LogP contribution is -2.58. The number of nitrogens with zero attached hydrogens (tertiary/aromatic N) is 1. The average molecular weight is 564 g/mol. The molecule has 10 nitrogen and oxygen atoms in total. The van der Waals surface area contributed by atoms with Crippen LogP contribution in [0.3, 0.4) is 0 Å². The number of ketones is 2. The number of nitrogens with two attached hydrogens (primary N) is 1. The molecule has 1 heterocycles. The van der Waals surface area contributed by atoms with Crippen molar-refractivity contribution >= 4 is 45.4 Å². The summed E-state index contributed by atoms with van der Waals surface area (Å²) in [4.78, 5) is 42.3. The third-order valence-corrected chi connectivity index (χ3v) is 8.58. The first-order valence-electron chi connectivity index (χ1n) is 12.3. The maximum atomic E-state index is 13.6. The van der Waals surface area contributed by atoms with Crippen molar-refractivity contribution in [2.45, 2.75) is 24.9 Å². The average Bonchev–Trinajstić information content (AvgIpc) is 3.36. The van der Waals surface area contributed by atoms with E-state index in [1.165, 1.54) is 23.5 Å². The van der Waals surface area contributed by atoms with Gasteiger partial charge in [-0.1, -0.05) is 6.07 Å². The molecule has 0 aliphatic heterocycles. The Morgan fingerprint density at radius 2 is 1.82 bits per heavy atom. The van der Waals surface area contributed by atoms with Gasteiger partial charge >= 0.3 is 0 Å². The van der Waals surface area contributed by atoms with Crippen LogP contribution in [-0.4, -0.2) is 48.5 Å². The number of anilines is 2. The zero-order valence-electron chi connectivity index (χ0n) is 20.6. The highest BCUT2D eigenvalue weighted by Gasteiger charge is 2.60. The van der Waals surface area contributed by atoms with Crippen LogP contribution in [-0.2, 0) is 20.8 Å². The van der Waals surface area contributed by atoms with E-state index in [0.717, 1.165) is 0 Å². The van der Waals surface area contributed by atoms with Crippen molar-refractivity contribution in [1.82, 2.24) is 4.98 Å². The smallest absolute Gasteiger partial charge is 0.255 e. The monoisotopic (exact) mass is 563 g/mol. The Hall–Kier alpha value is -4.55. The van der Waals surface area contributed by atoms with E-state index in [1.807, 2.05) is 0 Å². The molecular formula is C28H22FN3O7S. The Labute approximate surface area is 229 Å². The quantitative estimate of drug-likeness (QED) is 0.205. The number of phenols is 1. The van der Waals surface area contributed by atoms with Gasteiger partial charge < -0.3 is 31.5 Å². The largest absolute Gasteiger partial charge is 0.508 e. The molecule has 0 radical (unpaired) electrons. The Bertz CT molecular complexity index is 1690. The Morgan fingerprint density at radius 3 is 2.52 bits per heavy atom. The third kappa shape index (κ3) is 3.71. The van der Waals surface area contributed by atoms with Crippen LogP contribution in [0.4, 0.5) is 15.2 Å². The van der Waals surface area contributed by atoms with Crippen LogP contribution in [0.25, 0.3) is 17.0 Å². The van der Waals surface area contributed by atoms with Crippen molar-refractivity contribution in [2.75, 3.05) is 5.32 Å². The standard InChI is InChI=1S/C28H22FN3O7S/c29-15-4-1-11(2-5-15)17-10-40-27(32-17)31-16-6-3-12-7-13-8-14-9-18(33)21(26(30)38)25(37)28(14,39)24(36)20(13)23(35)19(12)22(16)34/h1-6,10,13-14,34-35,37,39H,7-9H2,(H2,30,38)(H,31,32)/t13-,14-,28-/m0/s1. The molecule has 1 saturated carbocycles. The number of carbonyl (C=O) groups is 3. The van der Waals surface area contributed by atoms with Crippen molar-refractivity contribution in [2.24, 2.45) is 17.6 Å². The SMILES string of the molecule is NC(=O)C1=C(O)[C@@]2(O)C(=O)C3=C(O)c4c(ccc(Nc5nc(-c6ccc(F)cc6)cs5)c4O)C[C@H]3C[C@H]2CC1=O. The van der Waals surface area contributed by atoms with Gasteiger partial charge in [0.25, 0.3) is 5.91 Å². The number of aromatic hydroxyl groups is 1. The summed E-state index contributed by atoms with van der Waals surface area (Å²) < 4.78 is 13.3. The van der Waals surface area contributed by atoms with Crippen molar-refractivity contribution < 1.29 is 39.2 Å². The van der Waals surface area contributed by atoms with Gasteiger partial charge in [0.15, 0.2) is 16.5 Å². The lowest BCUT2D eigenvalue weighted by Gasteiger charge is -2.46. The summed E-state index contributed by atoms with van der Waals surface area (Å²) in [5.41, 5.74) is 3.55. The van der Waals surface area contributed by atoms with Gasteiger partial charge in [0, 0.05) is 28.9 Å². The number of aromatic nitrogens is 1. The molecule has 0 spiro atoms. The molecule has 3 aromatic rings. The Kier molecular flexibility index (Phi) is 5.78. The highest BCUT2D eigenvalue weighted by molar-refractivity contribution is 7.14. The number of rotatable bonds is 4. The zero-order valence-corrected chi connectivity index (χ0v) is 21.5. The molecule has 3 atom stereocenters. The van der Waals surface area contributed by atoms with Gasteiger partial charge in [0.2, 0.25) is 5.78 Å². The van der Waals surface area contributed by atoms with Crippen molar-refractivity contribution in [3.05, 3.63) is 75.6 Å². The summed E-state index contributed by atoms with van der Waals surface area (Å²) in [6.45, 7) is 0. The van der Waals surface area contributed by atoms with Gasteiger partial charge in [-0.3, -0.25) is 14.4 Å². The van der Waals surface area contributed by atoms with Crippen LogP contribution in [0, 0.1) is 17.7 Å². The molecule has 204 valence electrons. The number of nitrogens with one attached hydrogen (secondary N) is 1. The highest BCUT2D eigenvalue weighted by Crippen LogP contribution is 2.52. The number of aliphatic hydroxyl groups excluding tert-OH is 2. The molecule has 0 bridgehead atoms. The second-order valence-electron chi connectivity index (χ2n) is 10.1. The van der Waals surface area contributed by atoms with Gasteiger partial charge in [-0.25, -0.2) is 9.37 Å². The van der Waals surface area contributed by atoms with E-state index < -0.39 is 52.0 Å². The first-order chi connectivity index (χ1) is 19.0. The second-order valence-corrected chi connectivity index (χ2v) is 10.9. The van der Waals surface area contributed by atoms with E-state index >= 15 is 0 Å². The first kappa shape index (κ1) is 25.7. The fraction of sp³-hybridized carbons (Fsp3) is 0.214. The number of halogens is 1. The number of benzene rings is 2. The van der Waals surface area contributed by atoms with E-state index in [4.69, 9.17) is 5.73 Å². The molecular weight excluding hydrogens is 541 g/mol. The van der Waals surface area contributed by atoms with E-state index in [0.29, 0.717) is 22.0 Å². The number of carbonyl (C=O) groups excluding carboxylic acids is 3. The van der Waals surface area contributed by atoms with E-state index in [1.54, 1.807) is 29.6 Å². The number of phenolic OH excluding ortho intramolecular Hbond substituents is 1. The molecule has 1 amide bonds. The highest BCUT2D eigenvalue weighted by atomic mass is 32.1. The minimum atomic E-state index is -2.61. The third-order valence-electron chi connectivity index (χ3n) is 7.82. The predicted octanol–water partition coefficient (Wildman–Crippen LogP) is 3.43. The molecule has 0 unspecified atom stereocenters. The number of primary amides is 1.